The topological polar surface area (TPSA) is 91.8 Å². The molecule has 2 amide bonds. The molecule has 0 radical (unpaired) electrons. The zero-order valence-corrected chi connectivity index (χ0v) is 15.5. The first-order valence-electron chi connectivity index (χ1n) is 9.09. The fourth-order valence-corrected chi connectivity index (χ4v) is 6.41. The van der Waals surface area contributed by atoms with Crippen LogP contribution in [0, 0.1) is 11.2 Å². The van der Waals surface area contributed by atoms with Gasteiger partial charge in [0.2, 0.25) is 15.9 Å². The number of nitrogens with zero attached hydrogens (tertiary/aromatic N) is 3. The first-order valence-corrected chi connectivity index (χ1v) is 10.7. The second kappa shape index (κ2) is 5.54. The van der Waals surface area contributed by atoms with E-state index in [0.717, 1.165) is 19.0 Å². The Morgan fingerprint density at radius 3 is 2.52 bits per heavy atom. The molecule has 8 nitrogen and oxygen atoms in total. The summed E-state index contributed by atoms with van der Waals surface area (Å²) >= 11 is 0. The average Bonchev–Trinajstić information content (AvgIpc) is 2.84. The highest BCUT2D eigenvalue weighted by Crippen LogP contribution is 2.50. The SMILES string of the molecule is O=C(N1CC2(CC(Oc3ccc(F)cn3)C2)C1)N1CC2(CCS(=O)(=O)N2)C1. The van der Waals surface area contributed by atoms with Crippen molar-refractivity contribution < 1.29 is 22.3 Å². The summed E-state index contributed by atoms with van der Waals surface area (Å²) < 4.78 is 44.4. The lowest BCUT2D eigenvalue weighted by molar-refractivity contribution is -0.109. The summed E-state index contributed by atoms with van der Waals surface area (Å²) in [5.74, 6) is 0.179. The van der Waals surface area contributed by atoms with Gasteiger partial charge in [0.25, 0.3) is 0 Å². The highest BCUT2D eigenvalue weighted by Gasteiger charge is 2.58. The first-order chi connectivity index (χ1) is 12.8. The molecule has 1 N–H and O–H groups in total. The maximum Gasteiger partial charge on any atom is 0.320 e. The van der Waals surface area contributed by atoms with Crippen LogP contribution in [-0.4, -0.2) is 72.8 Å². The van der Waals surface area contributed by atoms with Gasteiger partial charge in [-0.2, -0.15) is 0 Å². The Morgan fingerprint density at radius 2 is 1.93 bits per heavy atom. The van der Waals surface area contributed by atoms with Crippen LogP contribution in [0.25, 0.3) is 0 Å². The van der Waals surface area contributed by atoms with Crippen LogP contribution in [0.5, 0.6) is 5.88 Å². The molecule has 0 atom stereocenters. The van der Waals surface area contributed by atoms with Crippen LogP contribution >= 0.6 is 0 Å². The number of likely N-dealkylation sites (tertiary alicyclic amines) is 2. The number of rotatable bonds is 2. The summed E-state index contributed by atoms with van der Waals surface area (Å²) in [5, 5.41) is 0. The van der Waals surface area contributed by atoms with Crippen molar-refractivity contribution in [3.63, 3.8) is 0 Å². The monoisotopic (exact) mass is 396 g/mol. The molecule has 4 fully saturated rings. The minimum absolute atomic E-state index is 0.0121. The number of hydrogen-bond acceptors (Lipinski definition) is 5. The van der Waals surface area contributed by atoms with Crippen molar-refractivity contribution in [3.05, 3.63) is 24.1 Å². The first kappa shape index (κ1) is 17.2. The Kier molecular flexibility index (Phi) is 3.52. The van der Waals surface area contributed by atoms with Crippen LogP contribution in [0.2, 0.25) is 0 Å². The maximum absolute atomic E-state index is 12.9. The van der Waals surface area contributed by atoms with E-state index < -0.39 is 21.4 Å². The van der Waals surface area contributed by atoms with E-state index in [9.17, 15) is 17.6 Å². The van der Waals surface area contributed by atoms with Crippen molar-refractivity contribution >= 4 is 16.1 Å². The minimum Gasteiger partial charge on any atom is -0.474 e. The summed E-state index contributed by atoms with van der Waals surface area (Å²) in [6.45, 7) is 2.32. The second-order valence-corrected chi connectivity index (χ2v) is 10.3. The van der Waals surface area contributed by atoms with E-state index >= 15 is 0 Å². The standard InChI is InChI=1S/C17H21FN4O4S/c18-12-1-2-14(19-7-12)26-13-5-16(6-13)8-21(9-16)15(23)22-10-17(11-22)3-4-27(24,25)20-17/h1-2,7,13,20H,3-6,8-11H2. The molecule has 4 aliphatic rings. The molecule has 0 bridgehead atoms. The highest BCUT2D eigenvalue weighted by atomic mass is 32.2. The van der Waals surface area contributed by atoms with Gasteiger partial charge < -0.3 is 14.5 Å². The molecule has 27 heavy (non-hydrogen) atoms. The third kappa shape index (κ3) is 2.94. The molecule has 1 aromatic rings. The number of amides is 2. The summed E-state index contributed by atoms with van der Waals surface area (Å²) in [6, 6.07) is 2.83. The molecule has 0 aromatic carbocycles. The van der Waals surface area contributed by atoms with E-state index in [2.05, 4.69) is 9.71 Å². The van der Waals surface area contributed by atoms with Gasteiger partial charge in [-0.25, -0.2) is 27.3 Å². The van der Waals surface area contributed by atoms with Crippen molar-refractivity contribution in [1.82, 2.24) is 19.5 Å². The molecule has 1 aromatic heterocycles. The fourth-order valence-electron chi connectivity index (χ4n) is 4.75. The zero-order valence-electron chi connectivity index (χ0n) is 14.7. The van der Waals surface area contributed by atoms with Crippen LogP contribution in [0.4, 0.5) is 9.18 Å². The maximum atomic E-state index is 12.9. The smallest absolute Gasteiger partial charge is 0.320 e. The van der Waals surface area contributed by atoms with Gasteiger partial charge in [0.1, 0.15) is 11.9 Å². The van der Waals surface area contributed by atoms with Gasteiger partial charge in [0, 0.05) is 37.7 Å². The van der Waals surface area contributed by atoms with Gasteiger partial charge in [0.15, 0.2) is 0 Å². The molecule has 3 saturated heterocycles. The Balaban J connectivity index is 1.08. The molecule has 1 aliphatic carbocycles. The van der Waals surface area contributed by atoms with Crippen LogP contribution in [-0.2, 0) is 10.0 Å². The lowest BCUT2D eigenvalue weighted by Gasteiger charge is -2.60. The third-order valence-corrected chi connectivity index (χ3v) is 7.60. The molecule has 1 saturated carbocycles. The average molecular weight is 396 g/mol. The van der Waals surface area contributed by atoms with Crippen molar-refractivity contribution in [3.8, 4) is 5.88 Å². The van der Waals surface area contributed by atoms with Gasteiger partial charge in [-0.05, 0) is 25.3 Å². The lowest BCUT2D eigenvalue weighted by atomic mass is 9.62. The van der Waals surface area contributed by atoms with Crippen molar-refractivity contribution in [1.29, 1.82) is 0 Å². The van der Waals surface area contributed by atoms with Crippen molar-refractivity contribution in [2.24, 2.45) is 5.41 Å². The van der Waals surface area contributed by atoms with Crippen LogP contribution in [0.1, 0.15) is 19.3 Å². The van der Waals surface area contributed by atoms with E-state index in [1.54, 1.807) is 4.90 Å². The number of halogens is 1. The number of hydrogen-bond donors (Lipinski definition) is 1. The molecular formula is C17H21FN4O4S. The van der Waals surface area contributed by atoms with Gasteiger partial charge in [-0.15, -0.1) is 0 Å². The predicted octanol–water partition coefficient (Wildman–Crippen LogP) is 0.561. The number of nitrogens with one attached hydrogen (secondary N) is 1. The Labute approximate surface area is 156 Å². The van der Waals surface area contributed by atoms with Crippen LogP contribution in [0.3, 0.4) is 0 Å². The fraction of sp³-hybridized carbons (Fsp3) is 0.647. The van der Waals surface area contributed by atoms with E-state index in [4.69, 9.17) is 4.74 Å². The largest absolute Gasteiger partial charge is 0.474 e. The molecule has 3 aliphatic heterocycles. The highest BCUT2D eigenvalue weighted by molar-refractivity contribution is 7.89. The molecule has 10 heteroatoms. The van der Waals surface area contributed by atoms with Crippen molar-refractivity contribution in [2.45, 2.75) is 30.9 Å². The summed E-state index contributed by atoms with van der Waals surface area (Å²) in [5.41, 5.74) is -0.313. The van der Waals surface area contributed by atoms with Crippen molar-refractivity contribution in [2.75, 3.05) is 31.9 Å². The summed E-state index contributed by atoms with van der Waals surface area (Å²) in [4.78, 5) is 20.0. The van der Waals surface area contributed by atoms with E-state index in [1.165, 1.54) is 12.1 Å². The minimum atomic E-state index is -3.16. The second-order valence-electron chi connectivity index (χ2n) is 8.41. The Morgan fingerprint density at radius 1 is 1.22 bits per heavy atom. The van der Waals surface area contributed by atoms with Gasteiger partial charge in [-0.1, -0.05) is 0 Å². The quantitative estimate of drug-likeness (QED) is 0.789. The molecule has 4 heterocycles. The Hall–Kier alpha value is -1.94. The van der Waals surface area contributed by atoms with Crippen LogP contribution < -0.4 is 9.46 Å². The van der Waals surface area contributed by atoms with E-state index in [1.807, 2.05) is 4.90 Å². The molecule has 2 spiro atoms. The molecular weight excluding hydrogens is 375 g/mol. The number of urea groups is 1. The molecule has 5 rings (SSSR count). The number of carbonyl (C=O) groups excluding carboxylic acids is 1. The number of carbonyl (C=O) groups is 1. The van der Waals surface area contributed by atoms with E-state index in [-0.39, 0.29) is 23.3 Å². The van der Waals surface area contributed by atoms with Gasteiger partial charge in [0.05, 0.1) is 17.5 Å². The number of aromatic nitrogens is 1. The molecule has 0 unspecified atom stereocenters. The summed E-state index contributed by atoms with van der Waals surface area (Å²) in [6.07, 6.45) is 3.48. The summed E-state index contributed by atoms with van der Waals surface area (Å²) in [7, 11) is -3.16. The number of sulfonamides is 1. The van der Waals surface area contributed by atoms with Gasteiger partial charge in [-0.3, -0.25) is 0 Å². The lowest BCUT2D eigenvalue weighted by Crippen LogP contribution is -2.74. The van der Waals surface area contributed by atoms with Gasteiger partial charge >= 0.3 is 6.03 Å². The Bertz CT molecular complexity index is 871. The van der Waals surface area contributed by atoms with Crippen LogP contribution in [0.15, 0.2) is 18.3 Å². The molecule has 146 valence electrons. The number of pyridine rings is 1. The third-order valence-electron chi connectivity index (χ3n) is 6.11. The number of ether oxygens (including phenoxy) is 1. The predicted molar refractivity (Wildman–Crippen MR) is 93.1 cm³/mol. The zero-order chi connectivity index (χ0) is 18.9. The normalized spacial score (nSPS) is 27.1. The van der Waals surface area contributed by atoms with E-state index in [0.29, 0.717) is 38.5 Å².